The van der Waals surface area contributed by atoms with Crippen LogP contribution in [0, 0.1) is 0 Å². The second kappa shape index (κ2) is 7.02. The van der Waals surface area contributed by atoms with E-state index in [0.29, 0.717) is 22.2 Å². The first-order valence-corrected chi connectivity index (χ1v) is 8.06. The summed E-state index contributed by atoms with van der Waals surface area (Å²) in [4.78, 5) is 19.8. The van der Waals surface area contributed by atoms with Gasteiger partial charge in [-0.3, -0.25) is 4.79 Å². The van der Waals surface area contributed by atoms with Gasteiger partial charge < -0.3 is 10.3 Å². The highest BCUT2D eigenvalue weighted by atomic mass is 35.5. The molecule has 3 rings (SSSR count). The molecule has 0 atom stereocenters. The van der Waals surface area contributed by atoms with Crippen molar-refractivity contribution < 1.29 is 4.79 Å². The summed E-state index contributed by atoms with van der Waals surface area (Å²) in [6.45, 7) is 0.550. The molecule has 0 unspecified atom stereocenters. The molecule has 6 heteroatoms. The molecule has 0 aliphatic heterocycles. The normalized spacial score (nSPS) is 10.9. The van der Waals surface area contributed by atoms with Crippen LogP contribution >= 0.6 is 23.2 Å². The van der Waals surface area contributed by atoms with Crippen LogP contribution in [0.2, 0.25) is 10.0 Å². The van der Waals surface area contributed by atoms with E-state index in [1.807, 2.05) is 24.3 Å². The molecule has 0 saturated carbocycles. The molecule has 0 aliphatic rings. The number of benzene rings is 2. The quantitative estimate of drug-likeness (QED) is 0.678. The Kier molecular flexibility index (Phi) is 4.84. The molecule has 2 aromatic carbocycles. The number of H-pyrrole nitrogens is 1. The molecular weight excluding hydrogens is 333 g/mol. The van der Waals surface area contributed by atoms with Crippen LogP contribution in [0.3, 0.4) is 0 Å². The standard InChI is InChI=1S/C17H15Cl2N3O/c18-11-7-8-12(13(19)10-11)17(23)20-9-3-6-16-21-14-4-1-2-5-15(14)22-16/h1-2,4-5,7-8,10H,3,6,9H2,(H,20,23)(H,21,22). The van der Waals surface area contributed by atoms with Crippen LogP contribution in [-0.4, -0.2) is 22.4 Å². The Morgan fingerprint density at radius 1 is 1.17 bits per heavy atom. The van der Waals surface area contributed by atoms with Gasteiger partial charge in [-0.15, -0.1) is 0 Å². The van der Waals surface area contributed by atoms with Gasteiger partial charge >= 0.3 is 0 Å². The number of para-hydroxylation sites is 2. The van der Waals surface area contributed by atoms with Gasteiger partial charge in [-0.2, -0.15) is 0 Å². The predicted octanol–water partition coefficient (Wildman–Crippen LogP) is 4.23. The zero-order chi connectivity index (χ0) is 16.2. The van der Waals surface area contributed by atoms with E-state index in [1.54, 1.807) is 18.2 Å². The van der Waals surface area contributed by atoms with Gasteiger partial charge in [0, 0.05) is 18.0 Å². The number of nitrogens with zero attached hydrogens (tertiary/aromatic N) is 1. The van der Waals surface area contributed by atoms with E-state index in [9.17, 15) is 4.79 Å². The molecule has 1 heterocycles. The lowest BCUT2D eigenvalue weighted by Gasteiger charge is -2.06. The first-order chi connectivity index (χ1) is 11.1. The van der Waals surface area contributed by atoms with Crippen LogP contribution in [0.5, 0.6) is 0 Å². The van der Waals surface area contributed by atoms with Gasteiger partial charge in [0.25, 0.3) is 5.91 Å². The Balaban J connectivity index is 1.52. The van der Waals surface area contributed by atoms with Crippen LogP contribution in [0.15, 0.2) is 42.5 Å². The third kappa shape index (κ3) is 3.84. The molecule has 3 aromatic rings. The van der Waals surface area contributed by atoms with E-state index in [1.165, 1.54) is 0 Å². The van der Waals surface area contributed by atoms with Crippen molar-refractivity contribution in [2.45, 2.75) is 12.8 Å². The number of amides is 1. The number of rotatable bonds is 5. The Morgan fingerprint density at radius 3 is 2.78 bits per heavy atom. The minimum Gasteiger partial charge on any atom is -0.352 e. The van der Waals surface area contributed by atoms with Crippen molar-refractivity contribution in [3.05, 3.63) is 63.9 Å². The molecule has 1 amide bonds. The minimum absolute atomic E-state index is 0.198. The Bertz CT molecular complexity index is 812. The van der Waals surface area contributed by atoms with Crippen LogP contribution < -0.4 is 5.32 Å². The molecule has 2 N–H and O–H groups in total. The first kappa shape index (κ1) is 15.8. The van der Waals surface area contributed by atoms with Gasteiger partial charge in [0.1, 0.15) is 5.82 Å². The predicted molar refractivity (Wildman–Crippen MR) is 93.2 cm³/mol. The highest BCUT2D eigenvalue weighted by Crippen LogP contribution is 2.20. The van der Waals surface area contributed by atoms with Crippen molar-refractivity contribution in [2.24, 2.45) is 0 Å². The first-order valence-electron chi connectivity index (χ1n) is 7.30. The van der Waals surface area contributed by atoms with Crippen LogP contribution in [0.4, 0.5) is 0 Å². The minimum atomic E-state index is -0.198. The zero-order valence-corrected chi connectivity index (χ0v) is 13.8. The summed E-state index contributed by atoms with van der Waals surface area (Å²) in [6.07, 6.45) is 1.56. The maximum Gasteiger partial charge on any atom is 0.252 e. The smallest absolute Gasteiger partial charge is 0.252 e. The summed E-state index contributed by atoms with van der Waals surface area (Å²) in [6, 6.07) is 12.7. The van der Waals surface area contributed by atoms with Crippen LogP contribution in [0.25, 0.3) is 11.0 Å². The lowest BCUT2D eigenvalue weighted by molar-refractivity contribution is 0.0953. The second-order valence-corrected chi connectivity index (χ2v) is 6.03. The van der Waals surface area contributed by atoms with E-state index in [4.69, 9.17) is 23.2 Å². The van der Waals surface area contributed by atoms with Gasteiger partial charge in [-0.25, -0.2) is 4.98 Å². The number of hydrogen-bond acceptors (Lipinski definition) is 2. The molecule has 1 aromatic heterocycles. The number of carbonyl (C=O) groups excluding carboxylic acids is 1. The molecule has 118 valence electrons. The van der Waals surface area contributed by atoms with E-state index in [-0.39, 0.29) is 5.91 Å². The topological polar surface area (TPSA) is 57.8 Å². The fourth-order valence-corrected chi connectivity index (χ4v) is 2.84. The summed E-state index contributed by atoms with van der Waals surface area (Å²) in [5.74, 6) is 0.723. The average molecular weight is 348 g/mol. The van der Waals surface area contributed by atoms with E-state index in [0.717, 1.165) is 29.7 Å². The summed E-state index contributed by atoms with van der Waals surface area (Å²) < 4.78 is 0. The number of aromatic nitrogens is 2. The molecule has 0 bridgehead atoms. The lowest BCUT2D eigenvalue weighted by Crippen LogP contribution is -2.25. The van der Waals surface area contributed by atoms with Gasteiger partial charge in [-0.05, 0) is 36.8 Å². The third-order valence-corrected chi connectivity index (χ3v) is 4.04. The van der Waals surface area contributed by atoms with E-state index >= 15 is 0 Å². The molecule has 0 fully saturated rings. The van der Waals surface area contributed by atoms with E-state index < -0.39 is 0 Å². The monoisotopic (exact) mass is 347 g/mol. The number of hydrogen-bond donors (Lipinski definition) is 2. The Hall–Kier alpha value is -2.04. The van der Waals surface area contributed by atoms with Gasteiger partial charge in [-0.1, -0.05) is 35.3 Å². The number of imidazole rings is 1. The lowest BCUT2D eigenvalue weighted by atomic mass is 10.2. The number of nitrogens with one attached hydrogen (secondary N) is 2. The van der Waals surface area contributed by atoms with Crippen molar-refractivity contribution in [3.8, 4) is 0 Å². The summed E-state index contributed by atoms with van der Waals surface area (Å²) in [7, 11) is 0. The van der Waals surface area contributed by atoms with Gasteiger partial charge in [0.15, 0.2) is 0 Å². The van der Waals surface area contributed by atoms with Crippen LogP contribution in [0.1, 0.15) is 22.6 Å². The van der Waals surface area contributed by atoms with Crippen molar-refractivity contribution >= 4 is 40.1 Å². The number of aromatic amines is 1. The number of aryl methyl sites for hydroxylation is 1. The molecule has 4 nitrogen and oxygen atoms in total. The van der Waals surface area contributed by atoms with Crippen molar-refractivity contribution in [3.63, 3.8) is 0 Å². The van der Waals surface area contributed by atoms with Gasteiger partial charge in [0.05, 0.1) is 21.6 Å². The summed E-state index contributed by atoms with van der Waals surface area (Å²) >= 11 is 11.8. The Morgan fingerprint density at radius 2 is 2.00 bits per heavy atom. The van der Waals surface area contributed by atoms with Gasteiger partial charge in [0.2, 0.25) is 0 Å². The fraction of sp³-hybridized carbons (Fsp3) is 0.176. The summed E-state index contributed by atoms with van der Waals surface area (Å²) in [5, 5.41) is 3.72. The molecule has 23 heavy (non-hydrogen) atoms. The SMILES string of the molecule is O=C(NCCCc1nc2ccccc2[nH]1)c1ccc(Cl)cc1Cl. The highest BCUT2D eigenvalue weighted by molar-refractivity contribution is 6.36. The second-order valence-electron chi connectivity index (χ2n) is 5.18. The number of carbonyl (C=O) groups is 1. The van der Waals surface area contributed by atoms with Crippen molar-refractivity contribution in [1.82, 2.24) is 15.3 Å². The highest BCUT2D eigenvalue weighted by Gasteiger charge is 2.10. The number of fused-ring (bicyclic) bond motifs is 1. The van der Waals surface area contributed by atoms with Crippen LogP contribution in [-0.2, 0) is 6.42 Å². The molecule has 0 spiro atoms. The largest absolute Gasteiger partial charge is 0.352 e. The van der Waals surface area contributed by atoms with Crippen molar-refractivity contribution in [2.75, 3.05) is 6.54 Å². The number of halogens is 2. The maximum atomic E-state index is 12.1. The third-order valence-electron chi connectivity index (χ3n) is 3.49. The fourth-order valence-electron chi connectivity index (χ4n) is 2.35. The molecule has 0 saturated heterocycles. The molecule has 0 aliphatic carbocycles. The summed E-state index contributed by atoms with van der Waals surface area (Å²) in [5.41, 5.74) is 2.42. The zero-order valence-electron chi connectivity index (χ0n) is 12.3. The van der Waals surface area contributed by atoms with E-state index in [2.05, 4.69) is 15.3 Å². The maximum absolute atomic E-state index is 12.1. The average Bonchev–Trinajstić information content (AvgIpc) is 2.94. The molecule has 0 radical (unpaired) electrons. The van der Waals surface area contributed by atoms with Crippen molar-refractivity contribution in [1.29, 1.82) is 0 Å². The molecular formula is C17H15Cl2N3O. The Labute approximate surface area is 143 Å².